The molecule has 1 atom stereocenters. The fourth-order valence-electron chi connectivity index (χ4n) is 3.82. The van der Waals surface area contributed by atoms with Crippen LogP contribution < -0.4 is 24.7 Å². The van der Waals surface area contributed by atoms with Crippen LogP contribution >= 0.6 is 0 Å². The van der Waals surface area contributed by atoms with Gasteiger partial charge in [0.2, 0.25) is 17.5 Å². The first-order chi connectivity index (χ1) is 16.0. The molecule has 2 aromatic carbocycles. The third-order valence-electron chi connectivity index (χ3n) is 5.39. The van der Waals surface area contributed by atoms with E-state index in [9.17, 15) is 10.4 Å². The van der Waals surface area contributed by atoms with Gasteiger partial charge in [-0.05, 0) is 48.4 Å². The van der Waals surface area contributed by atoms with E-state index in [4.69, 9.17) is 24.7 Å². The summed E-state index contributed by atoms with van der Waals surface area (Å²) < 4.78 is 22.0. The summed E-state index contributed by atoms with van der Waals surface area (Å²) in [4.78, 5) is 0. The van der Waals surface area contributed by atoms with Crippen LogP contribution in [-0.2, 0) is 0 Å². The molecule has 3 aromatic rings. The number of H-pyrrole nitrogens is 1. The van der Waals surface area contributed by atoms with Crippen LogP contribution in [0.4, 0.5) is 0 Å². The third-order valence-corrected chi connectivity index (χ3v) is 5.39. The number of hydrogen-bond donors (Lipinski definition) is 3. The standard InChI is InChI=1S/C24H24N4O5/c1-4-9-32-15-7-5-13(6-8-15)21-20-19(16(12-25)23(26)33-24(20)28-27-21)14-10-17(30-2)22(29)18(11-14)31-3/h5-8,10-11,19,29H,4,9,26H2,1-3H3,(H,27,28). The Morgan fingerprint density at radius 3 is 2.42 bits per heavy atom. The number of nitriles is 1. The molecule has 0 spiro atoms. The molecule has 0 saturated heterocycles. The number of ether oxygens (including phenoxy) is 4. The SMILES string of the molecule is CCCOc1ccc(-c2[nH]nc3c2C(c2cc(OC)c(O)c(OC)c2)C(C#N)=C(N)O3)cc1. The van der Waals surface area contributed by atoms with Crippen molar-refractivity contribution in [3.05, 3.63) is 59.0 Å². The lowest BCUT2D eigenvalue weighted by molar-refractivity contribution is 0.317. The second kappa shape index (κ2) is 9.04. The fourth-order valence-corrected chi connectivity index (χ4v) is 3.82. The van der Waals surface area contributed by atoms with Gasteiger partial charge in [-0.25, -0.2) is 0 Å². The number of benzene rings is 2. The smallest absolute Gasteiger partial charge is 0.244 e. The van der Waals surface area contributed by atoms with E-state index in [-0.39, 0.29) is 34.6 Å². The van der Waals surface area contributed by atoms with Gasteiger partial charge in [-0.2, -0.15) is 5.26 Å². The zero-order valence-corrected chi connectivity index (χ0v) is 18.5. The molecule has 0 saturated carbocycles. The van der Waals surface area contributed by atoms with Gasteiger partial charge < -0.3 is 29.8 Å². The summed E-state index contributed by atoms with van der Waals surface area (Å²) in [6.45, 7) is 2.68. The minimum Gasteiger partial charge on any atom is -0.502 e. The number of nitrogens with zero attached hydrogens (tertiary/aromatic N) is 2. The highest BCUT2D eigenvalue weighted by molar-refractivity contribution is 5.72. The van der Waals surface area contributed by atoms with Crippen molar-refractivity contribution in [1.82, 2.24) is 10.2 Å². The van der Waals surface area contributed by atoms with E-state index < -0.39 is 5.92 Å². The number of nitrogens with two attached hydrogens (primary N) is 1. The molecule has 0 radical (unpaired) electrons. The van der Waals surface area contributed by atoms with E-state index in [1.807, 2.05) is 31.2 Å². The molecule has 2 heterocycles. The lowest BCUT2D eigenvalue weighted by Gasteiger charge is -2.25. The molecular formula is C24H24N4O5. The quantitative estimate of drug-likeness (QED) is 0.496. The average molecular weight is 448 g/mol. The van der Waals surface area contributed by atoms with E-state index >= 15 is 0 Å². The Hall–Kier alpha value is -4.32. The van der Waals surface area contributed by atoms with E-state index in [1.165, 1.54) is 14.2 Å². The monoisotopic (exact) mass is 448 g/mol. The van der Waals surface area contributed by atoms with Gasteiger partial charge in [0.15, 0.2) is 11.5 Å². The Labute approximate surface area is 191 Å². The van der Waals surface area contributed by atoms with Crippen LogP contribution in [0.1, 0.15) is 30.4 Å². The predicted molar refractivity (Wildman–Crippen MR) is 120 cm³/mol. The van der Waals surface area contributed by atoms with Crippen LogP contribution in [0, 0.1) is 11.3 Å². The number of methoxy groups -OCH3 is 2. The first-order valence-electron chi connectivity index (χ1n) is 10.4. The Morgan fingerprint density at radius 1 is 1.18 bits per heavy atom. The minimum absolute atomic E-state index is 0.0395. The summed E-state index contributed by atoms with van der Waals surface area (Å²) >= 11 is 0. The summed E-state index contributed by atoms with van der Waals surface area (Å²) in [5.41, 5.74) is 9.04. The maximum absolute atomic E-state index is 10.4. The van der Waals surface area contributed by atoms with Gasteiger partial charge >= 0.3 is 0 Å². The molecule has 170 valence electrons. The van der Waals surface area contributed by atoms with Crippen LogP contribution in [0.25, 0.3) is 11.3 Å². The number of hydrogen-bond acceptors (Lipinski definition) is 8. The maximum atomic E-state index is 10.4. The molecule has 0 amide bonds. The van der Waals surface area contributed by atoms with Crippen molar-refractivity contribution in [2.45, 2.75) is 19.3 Å². The highest BCUT2D eigenvalue weighted by Gasteiger charge is 2.36. The fraction of sp³-hybridized carbons (Fsp3) is 0.250. The highest BCUT2D eigenvalue weighted by atomic mass is 16.5. The zero-order chi connectivity index (χ0) is 23.5. The number of rotatable bonds is 7. The van der Waals surface area contributed by atoms with Gasteiger partial charge in [0, 0.05) is 5.56 Å². The van der Waals surface area contributed by atoms with Crippen molar-refractivity contribution in [3.8, 4) is 46.2 Å². The van der Waals surface area contributed by atoms with Crippen LogP contribution in [0.2, 0.25) is 0 Å². The Kier molecular flexibility index (Phi) is 6.00. The zero-order valence-electron chi connectivity index (χ0n) is 18.5. The average Bonchev–Trinajstić information content (AvgIpc) is 3.25. The van der Waals surface area contributed by atoms with Crippen molar-refractivity contribution in [1.29, 1.82) is 5.26 Å². The first-order valence-corrected chi connectivity index (χ1v) is 10.4. The Balaban J connectivity index is 1.87. The van der Waals surface area contributed by atoms with Gasteiger partial charge in [0.05, 0.1) is 38.0 Å². The van der Waals surface area contributed by atoms with Gasteiger partial charge in [-0.15, -0.1) is 5.10 Å². The Morgan fingerprint density at radius 2 is 1.85 bits per heavy atom. The molecule has 9 nitrogen and oxygen atoms in total. The number of fused-ring (bicyclic) bond motifs is 1. The summed E-state index contributed by atoms with van der Waals surface area (Å²) in [6.07, 6.45) is 0.916. The van der Waals surface area contributed by atoms with Crippen molar-refractivity contribution in [2.24, 2.45) is 5.73 Å². The van der Waals surface area contributed by atoms with Crippen LogP contribution in [-0.4, -0.2) is 36.1 Å². The second-order valence-electron chi connectivity index (χ2n) is 7.39. The van der Waals surface area contributed by atoms with E-state index in [0.717, 1.165) is 17.7 Å². The molecule has 0 bridgehead atoms. The molecule has 9 heteroatoms. The van der Waals surface area contributed by atoms with Crippen LogP contribution in [0.15, 0.2) is 47.9 Å². The molecule has 1 unspecified atom stereocenters. The Bertz CT molecular complexity index is 1220. The molecule has 33 heavy (non-hydrogen) atoms. The van der Waals surface area contributed by atoms with E-state index in [2.05, 4.69) is 16.3 Å². The van der Waals surface area contributed by atoms with E-state index in [0.29, 0.717) is 23.4 Å². The molecular weight excluding hydrogens is 424 g/mol. The number of phenols is 1. The lowest BCUT2D eigenvalue weighted by Crippen LogP contribution is -2.21. The molecule has 4 rings (SSSR count). The van der Waals surface area contributed by atoms with Crippen LogP contribution in [0.5, 0.6) is 28.9 Å². The van der Waals surface area contributed by atoms with Gasteiger partial charge in [-0.1, -0.05) is 6.92 Å². The molecule has 1 aliphatic rings. The van der Waals surface area contributed by atoms with Crippen molar-refractivity contribution in [2.75, 3.05) is 20.8 Å². The lowest BCUT2D eigenvalue weighted by atomic mass is 9.82. The number of nitrogens with one attached hydrogen (secondary N) is 1. The second-order valence-corrected chi connectivity index (χ2v) is 7.39. The summed E-state index contributed by atoms with van der Waals surface area (Å²) in [6, 6.07) is 13.0. The van der Waals surface area contributed by atoms with Crippen molar-refractivity contribution >= 4 is 0 Å². The van der Waals surface area contributed by atoms with Crippen molar-refractivity contribution in [3.63, 3.8) is 0 Å². The topological polar surface area (TPSA) is 136 Å². The number of aromatic amines is 1. The summed E-state index contributed by atoms with van der Waals surface area (Å²) in [5, 5.41) is 27.6. The predicted octanol–water partition coefficient (Wildman–Crippen LogP) is 3.81. The molecule has 0 aliphatic carbocycles. The first kappa shape index (κ1) is 21.9. The van der Waals surface area contributed by atoms with Gasteiger partial charge in [0.25, 0.3) is 0 Å². The normalized spacial score (nSPS) is 14.8. The number of allylic oxidation sites excluding steroid dienone is 1. The van der Waals surface area contributed by atoms with Gasteiger partial charge in [-0.3, -0.25) is 5.10 Å². The molecule has 0 fully saturated rings. The largest absolute Gasteiger partial charge is 0.502 e. The number of aromatic nitrogens is 2. The summed E-state index contributed by atoms with van der Waals surface area (Å²) in [7, 11) is 2.88. The molecule has 1 aromatic heterocycles. The maximum Gasteiger partial charge on any atom is 0.244 e. The van der Waals surface area contributed by atoms with Crippen LogP contribution in [0.3, 0.4) is 0 Å². The number of aromatic hydroxyl groups is 1. The third kappa shape index (κ3) is 3.87. The highest BCUT2D eigenvalue weighted by Crippen LogP contribution is 2.48. The molecule has 1 aliphatic heterocycles. The molecule has 4 N–H and O–H groups in total. The van der Waals surface area contributed by atoms with Crippen molar-refractivity contribution < 1.29 is 24.1 Å². The number of phenolic OH excluding ortho intramolecular Hbond substituents is 1. The summed E-state index contributed by atoms with van der Waals surface area (Å²) in [5.74, 6) is 0.628. The van der Waals surface area contributed by atoms with Gasteiger partial charge in [0.1, 0.15) is 17.4 Å². The minimum atomic E-state index is -0.632. The van der Waals surface area contributed by atoms with E-state index in [1.54, 1.807) is 12.1 Å².